The SMILES string of the molecule is CCOC(=O)c1ccn(-c2cccc(NC(=O)CSCC(=O)Nc3ccc(OC)cc3)c2)n1. The van der Waals surface area contributed by atoms with Crippen LogP contribution in [0.25, 0.3) is 5.69 Å². The van der Waals surface area contributed by atoms with E-state index < -0.39 is 5.97 Å². The van der Waals surface area contributed by atoms with Crippen LogP contribution in [0.2, 0.25) is 0 Å². The number of carbonyl (C=O) groups excluding carboxylic acids is 3. The maximum atomic E-state index is 12.3. The molecular weight excluding hydrogens is 444 g/mol. The topological polar surface area (TPSA) is 112 Å². The smallest absolute Gasteiger partial charge is 0.358 e. The molecule has 9 nitrogen and oxygen atoms in total. The zero-order valence-corrected chi connectivity index (χ0v) is 19.1. The molecule has 2 N–H and O–H groups in total. The number of methoxy groups -OCH3 is 1. The first-order valence-electron chi connectivity index (χ1n) is 10.1. The van der Waals surface area contributed by atoms with Crippen LogP contribution in [0.15, 0.2) is 60.8 Å². The molecule has 0 aliphatic heterocycles. The Morgan fingerprint density at radius 2 is 1.67 bits per heavy atom. The van der Waals surface area contributed by atoms with Gasteiger partial charge in [-0.25, -0.2) is 9.48 Å². The summed E-state index contributed by atoms with van der Waals surface area (Å²) in [5.41, 5.74) is 2.12. The molecule has 0 atom stereocenters. The maximum Gasteiger partial charge on any atom is 0.358 e. The van der Waals surface area contributed by atoms with E-state index >= 15 is 0 Å². The molecule has 3 aromatic rings. The molecule has 1 heterocycles. The van der Waals surface area contributed by atoms with Gasteiger partial charge < -0.3 is 20.1 Å². The summed E-state index contributed by atoms with van der Waals surface area (Å²) in [7, 11) is 1.57. The molecule has 10 heteroatoms. The Morgan fingerprint density at radius 3 is 2.33 bits per heavy atom. The van der Waals surface area contributed by atoms with Gasteiger partial charge in [-0.2, -0.15) is 5.10 Å². The third kappa shape index (κ3) is 7.11. The van der Waals surface area contributed by atoms with Crippen molar-refractivity contribution in [1.29, 1.82) is 0 Å². The van der Waals surface area contributed by atoms with Crippen molar-refractivity contribution in [2.75, 3.05) is 35.9 Å². The summed E-state index contributed by atoms with van der Waals surface area (Å²) in [4.78, 5) is 36.1. The van der Waals surface area contributed by atoms with Crippen molar-refractivity contribution in [3.63, 3.8) is 0 Å². The second kappa shape index (κ2) is 11.7. The quantitative estimate of drug-likeness (QED) is 0.439. The Kier molecular flexibility index (Phi) is 8.48. The van der Waals surface area contributed by atoms with Crippen LogP contribution in [0.3, 0.4) is 0 Å². The molecule has 0 bridgehead atoms. The molecular formula is C23H24N4O5S. The van der Waals surface area contributed by atoms with E-state index in [0.29, 0.717) is 22.8 Å². The third-order valence-corrected chi connectivity index (χ3v) is 5.24. The number of aromatic nitrogens is 2. The van der Waals surface area contributed by atoms with Gasteiger partial charge in [-0.05, 0) is 55.5 Å². The number of carbonyl (C=O) groups is 3. The highest BCUT2D eigenvalue weighted by Crippen LogP contribution is 2.17. The first kappa shape index (κ1) is 23.9. The number of benzene rings is 2. The number of hydrogen-bond donors (Lipinski definition) is 2. The summed E-state index contributed by atoms with van der Waals surface area (Å²) in [6, 6.07) is 15.6. The molecule has 2 aromatic carbocycles. The standard InChI is InChI=1S/C23H24N4O5S/c1-3-32-23(30)20-11-12-27(26-20)18-6-4-5-17(13-18)25-22(29)15-33-14-21(28)24-16-7-9-19(31-2)10-8-16/h4-13H,3,14-15H2,1-2H3,(H,24,28)(H,25,29). The number of thioether (sulfide) groups is 1. The molecule has 0 spiro atoms. The van der Waals surface area contributed by atoms with Crippen molar-refractivity contribution in [2.24, 2.45) is 0 Å². The summed E-state index contributed by atoms with van der Waals surface area (Å²) in [6.07, 6.45) is 1.64. The van der Waals surface area contributed by atoms with E-state index in [-0.39, 0.29) is 35.6 Å². The van der Waals surface area contributed by atoms with Crippen molar-refractivity contribution >= 4 is 40.9 Å². The molecule has 172 valence electrons. The lowest BCUT2D eigenvalue weighted by Gasteiger charge is -2.08. The number of hydrogen-bond acceptors (Lipinski definition) is 7. The van der Waals surface area contributed by atoms with Crippen LogP contribution in [-0.4, -0.2) is 52.8 Å². The van der Waals surface area contributed by atoms with Crippen LogP contribution < -0.4 is 15.4 Å². The van der Waals surface area contributed by atoms with E-state index in [1.54, 1.807) is 74.8 Å². The Balaban J connectivity index is 1.47. The van der Waals surface area contributed by atoms with Gasteiger partial charge in [0, 0.05) is 17.6 Å². The van der Waals surface area contributed by atoms with Crippen LogP contribution in [0, 0.1) is 0 Å². The fourth-order valence-corrected chi connectivity index (χ4v) is 3.43. The predicted molar refractivity (Wildman–Crippen MR) is 127 cm³/mol. The van der Waals surface area contributed by atoms with E-state index in [0.717, 1.165) is 0 Å². The van der Waals surface area contributed by atoms with Gasteiger partial charge in [0.1, 0.15) is 5.75 Å². The fraction of sp³-hybridized carbons (Fsp3) is 0.217. The number of nitrogens with zero attached hydrogens (tertiary/aromatic N) is 2. The van der Waals surface area contributed by atoms with E-state index in [2.05, 4.69) is 15.7 Å². The van der Waals surface area contributed by atoms with Crippen molar-refractivity contribution in [2.45, 2.75) is 6.92 Å². The van der Waals surface area contributed by atoms with Crippen LogP contribution in [0.1, 0.15) is 17.4 Å². The molecule has 0 unspecified atom stereocenters. The van der Waals surface area contributed by atoms with Crippen molar-refractivity contribution in [3.8, 4) is 11.4 Å². The zero-order chi connectivity index (χ0) is 23.6. The van der Waals surface area contributed by atoms with Crippen LogP contribution in [-0.2, 0) is 14.3 Å². The number of rotatable bonds is 10. The van der Waals surface area contributed by atoms with E-state index in [1.165, 1.54) is 16.4 Å². The van der Waals surface area contributed by atoms with Crippen LogP contribution in [0.5, 0.6) is 5.75 Å². The van der Waals surface area contributed by atoms with Crippen LogP contribution >= 0.6 is 11.8 Å². The Bertz CT molecular complexity index is 1110. The molecule has 0 aliphatic rings. The van der Waals surface area contributed by atoms with Gasteiger partial charge in [-0.1, -0.05) is 6.07 Å². The number of nitrogens with one attached hydrogen (secondary N) is 2. The highest BCUT2D eigenvalue weighted by molar-refractivity contribution is 8.00. The summed E-state index contributed by atoms with van der Waals surface area (Å²) in [5, 5.41) is 9.78. The number of amides is 2. The minimum absolute atomic E-state index is 0.120. The van der Waals surface area contributed by atoms with Crippen molar-refractivity contribution in [1.82, 2.24) is 9.78 Å². The highest BCUT2D eigenvalue weighted by Gasteiger charge is 2.12. The Hall–Kier alpha value is -3.79. The summed E-state index contributed by atoms with van der Waals surface area (Å²) in [6.45, 7) is 2.00. The lowest BCUT2D eigenvalue weighted by molar-refractivity contribution is -0.114. The molecule has 2 amide bonds. The van der Waals surface area contributed by atoms with Gasteiger partial charge in [0.25, 0.3) is 0 Å². The van der Waals surface area contributed by atoms with Gasteiger partial charge in [0.2, 0.25) is 11.8 Å². The molecule has 0 radical (unpaired) electrons. The lowest BCUT2D eigenvalue weighted by Crippen LogP contribution is -2.18. The molecule has 0 saturated carbocycles. The highest BCUT2D eigenvalue weighted by atomic mass is 32.2. The zero-order valence-electron chi connectivity index (χ0n) is 18.2. The monoisotopic (exact) mass is 468 g/mol. The first-order valence-corrected chi connectivity index (χ1v) is 11.3. The largest absolute Gasteiger partial charge is 0.497 e. The van der Waals surface area contributed by atoms with Crippen LogP contribution in [0.4, 0.5) is 11.4 Å². The van der Waals surface area contributed by atoms with Gasteiger partial charge in [0.15, 0.2) is 5.69 Å². The van der Waals surface area contributed by atoms with Crippen molar-refractivity contribution < 1.29 is 23.9 Å². The minimum Gasteiger partial charge on any atom is -0.497 e. The Morgan fingerprint density at radius 1 is 0.970 bits per heavy atom. The van der Waals surface area contributed by atoms with E-state index in [1.807, 2.05) is 0 Å². The van der Waals surface area contributed by atoms with Crippen molar-refractivity contribution in [3.05, 3.63) is 66.5 Å². The minimum atomic E-state index is -0.492. The molecule has 33 heavy (non-hydrogen) atoms. The average Bonchev–Trinajstić information content (AvgIpc) is 3.30. The molecule has 0 saturated heterocycles. The van der Waals surface area contributed by atoms with Gasteiger partial charge in [-0.3, -0.25) is 9.59 Å². The van der Waals surface area contributed by atoms with E-state index in [4.69, 9.17) is 9.47 Å². The lowest BCUT2D eigenvalue weighted by atomic mass is 10.3. The molecule has 0 fully saturated rings. The predicted octanol–water partition coefficient (Wildman–Crippen LogP) is 3.37. The first-order chi connectivity index (χ1) is 16.0. The maximum absolute atomic E-state index is 12.3. The fourth-order valence-electron chi connectivity index (χ4n) is 2.81. The number of anilines is 2. The average molecular weight is 469 g/mol. The second-order valence-electron chi connectivity index (χ2n) is 6.73. The van der Waals surface area contributed by atoms with E-state index in [9.17, 15) is 14.4 Å². The Labute approximate surface area is 195 Å². The van der Waals surface area contributed by atoms with Gasteiger partial charge >= 0.3 is 5.97 Å². The number of esters is 1. The summed E-state index contributed by atoms with van der Waals surface area (Å²) in [5.74, 6) is 0.0420. The third-order valence-electron chi connectivity index (χ3n) is 4.31. The summed E-state index contributed by atoms with van der Waals surface area (Å²) < 4.78 is 11.6. The second-order valence-corrected chi connectivity index (χ2v) is 7.72. The summed E-state index contributed by atoms with van der Waals surface area (Å²) >= 11 is 1.21. The number of ether oxygens (including phenoxy) is 2. The molecule has 3 rings (SSSR count). The molecule has 0 aliphatic carbocycles. The molecule has 1 aromatic heterocycles. The van der Waals surface area contributed by atoms with Gasteiger partial charge in [0.05, 0.1) is 30.9 Å². The van der Waals surface area contributed by atoms with Gasteiger partial charge in [-0.15, -0.1) is 11.8 Å². The normalized spacial score (nSPS) is 10.4.